The summed E-state index contributed by atoms with van der Waals surface area (Å²) in [7, 11) is 0. The Kier molecular flexibility index (Phi) is 6.38. The second-order valence-corrected chi connectivity index (χ2v) is 7.48. The summed E-state index contributed by atoms with van der Waals surface area (Å²) >= 11 is 0. The van der Waals surface area contributed by atoms with Gasteiger partial charge in [0, 0.05) is 0 Å². The third kappa shape index (κ3) is 5.08. The van der Waals surface area contributed by atoms with Crippen molar-refractivity contribution in [2.45, 2.75) is 6.42 Å². The van der Waals surface area contributed by atoms with E-state index in [4.69, 9.17) is 0 Å². The monoisotopic (exact) mass is 418 g/mol. The second kappa shape index (κ2) is 9.71. The lowest BCUT2D eigenvalue weighted by Crippen LogP contribution is -2.02. The number of hydrogen-bond donors (Lipinski definition) is 1. The van der Waals surface area contributed by atoms with E-state index in [1.54, 1.807) is 36.4 Å². The minimum absolute atomic E-state index is 0.164. The molecule has 0 atom stereocenters. The maximum atomic E-state index is 12.4. The van der Waals surface area contributed by atoms with Gasteiger partial charge in [-0.25, -0.2) is 0 Å². The minimum Gasteiger partial charge on any atom is -0.508 e. The third-order valence-corrected chi connectivity index (χ3v) is 5.19. The molecule has 1 N–H and O–H groups in total. The number of ketones is 2. The molecule has 0 radical (unpaired) electrons. The molecule has 0 spiro atoms. The number of carbonyl (C=O) groups is 2. The first-order valence-electron chi connectivity index (χ1n) is 10.4. The van der Waals surface area contributed by atoms with Crippen LogP contribution in [0.1, 0.15) is 17.5 Å². The smallest absolute Gasteiger partial charge is 0.163 e. The quantitative estimate of drug-likeness (QED) is 0.276. The first kappa shape index (κ1) is 21.0. The molecule has 0 aliphatic heterocycles. The van der Waals surface area contributed by atoms with Crippen LogP contribution in [0.15, 0.2) is 103 Å². The van der Waals surface area contributed by atoms with Crippen molar-refractivity contribution in [1.82, 2.24) is 0 Å². The molecule has 0 saturated carbocycles. The van der Waals surface area contributed by atoms with Gasteiger partial charge in [0.25, 0.3) is 0 Å². The molecule has 0 aliphatic rings. The van der Waals surface area contributed by atoms with Gasteiger partial charge < -0.3 is 5.11 Å². The summed E-state index contributed by atoms with van der Waals surface area (Å²) in [6, 6.07) is 28.8. The van der Waals surface area contributed by atoms with Gasteiger partial charge in [-0.05, 0) is 57.3 Å². The Morgan fingerprint density at radius 2 is 1.28 bits per heavy atom. The van der Waals surface area contributed by atoms with E-state index in [2.05, 4.69) is 24.3 Å². The van der Waals surface area contributed by atoms with Crippen LogP contribution >= 0.6 is 0 Å². The number of benzene rings is 4. The number of phenols is 1. The van der Waals surface area contributed by atoms with Gasteiger partial charge >= 0.3 is 0 Å². The van der Waals surface area contributed by atoms with Crippen LogP contribution in [0.4, 0.5) is 0 Å². The molecular formula is C29H22O3. The lowest BCUT2D eigenvalue weighted by molar-refractivity contribution is -0.121. The van der Waals surface area contributed by atoms with Crippen molar-refractivity contribution in [1.29, 1.82) is 0 Å². The van der Waals surface area contributed by atoms with Gasteiger partial charge in [0.2, 0.25) is 0 Å². The molecular weight excluding hydrogens is 396 g/mol. The Morgan fingerprint density at radius 3 is 2.09 bits per heavy atom. The van der Waals surface area contributed by atoms with Crippen LogP contribution in [0.3, 0.4) is 0 Å². The number of allylic oxidation sites excluding steroid dienone is 2. The van der Waals surface area contributed by atoms with Crippen molar-refractivity contribution < 1.29 is 14.7 Å². The lowest BCUT2D eigenvalue weighted by Gasteiger charge is -2.10. The molecule has 0 saturated heterocycles. The first-order valence-corrected chi connectivity index (χ1v) is 10.4. The number of rotatable bonds is 7. The molecule has 4 aromatic carbocycles. The fourth-order valence-corrected chi connectivity index (χ4v) is 3.59. The topological polar surface area (TPSA) is 54.4 Å². The van der Waals surface area contributed by atoms with Gasteiger partial charge in [-0.3, -0.25) is 9.59 Å². The minimum atomic E-state index is -0.268. The molecule has 156 valence electrons. The largest absolute Gasteiger partial charge is 0.508 e. The average Bonchev–Trinajstić information content (AvgIpc) is 2.82. The van der Waals surface area contributed by atoms with Crippen molar-refractivity contribution in [2.75, 3.05) is 0 Å². The highest BCUT2D eigenvalue weighted by atomic mass is 16.3. The van der Waals surface area contributed by atoms with E-state index in [0.29, 0.717) is 0 Å². The number of phenolic OH excluding ortho intramolecular Hbond substituents is 1. The van der Waals surface area contributed by atoms with E-state index in [1.165, 1.54) is 12.2 Å². The zero-order chi connectivity index (χ0) is 22.3. The van der Waals surface area contributed by atoms with Gasteiger partial charge in [-0.15, -0.1) is 0 Å². The molecule has 0 bridgehead atoms. The Morgan fingerprint density at radius 1 is 0.656 bits per heavy atom. The third-order valence-electron chi connectivity index (χ3n) is 5.19. The van der Waals surface area contributed by atoms with Crippen LogP contribution in [0.2, 0.25) is 0 Å². The molecule has 0 amide bonds. The van der Waals surface area contributed by atoms with Crippen LogP contribution in [0, 0.1) is 0 Å². The van der Waals surface area contributed by atoms with Gasteiger partial charge in [-0.1, -0.05) is 91.0 Å². The zero-order valence-electron chi connectivity index (χ0n) is 17.4. The van der Waals surface area contributed by atoms with E-state index in [1.807, 2.05) is 42.5 Å². The number of aromatic hydroxyl groups is 1. The van der Waals surface area contributed by atoms with Gasteiger partial charge in [-0.2, -0.15) is 0 Å². The van der Waals surface area contributed by atoms with E-state index >= 15 is 0 Å². The van der Waals surface area contributed by atoms with Gasteiger partial charge in [0.1, 0.15) is 5.75 Å². The van der Waals surface area contributed by atoms with Crippen LogP contribution in [0.5, 0.6) is 5.75 Å². The molecule has 0 fully saturated rings. The lowest BCUT2D eigenvalue weighted by atomic mass is 9.94. The van der Waals surface area contributed by atoms with E-state index in [-0.39, 0.29) is 23.7 Å². The highest BCUT2D eigenvalue weighted by Gasteiger charge is 2.08. The summed E-state index contributed by atoms with van der Waals surface area (Å²) < 4.78 is 0. The number of carbonyl (C=O) groups excluding carboxylic acids is 2. The molecule has 0 aliphatic carbocycles. The molecule has 0 unspecified atom stereocenters. The highest BCUT2D eigenvalue weighted by molar-refractivity contribution is 6.11. The SMILES string of the molecule is O=C(C=Cc1ccc(O)cc1)CC(=O)C=Cc1ccccc1-c1cccc2ccccc12. The number of hydrogen-bond acceptors (Lipinski definition) is 3. The first-order chi connectivity index (χ1) is 15.6. The summed E-state index contributed by atoms with van der Waals surface area (Å²) in [6.45, 7) is 0. The molecule has 32 heavy (non-hydrogen) atoms. The van der Waals surface area contributed by atoms with Crippen molar-refractivity contribution in [2.24, 2.45) is 0 Å². The summed E-state index contributed by atoms with van der Waals surface area (Å²) in [5.74, 6) is -0.356. The summed E-state index contributed by atoms with van der Waals surface area (Å²) in [5.41, 5.74) is 3.84. The van der Waals surface area contributed by atoms with Gasteiger partial charge in [0.05, 0.1) is 6.42 Å². The maximum absolute atomic E-state index is 12.4. The average molecular weight is 418 g/mol. The van der Waals surface area contributed by atoms with Crippen LogP contribution < -0.4 is 0 Å². The summed E-state index contributed by atoms with van der Waals surface area (Å²) in [6.07, 6.45) is 6.07. The Bertz CT molecular complexity index is 1320. The Hall–Kier alpha value is -4.24. The molecule has 0 heterocycles. The van der Waals surface area contributed by atoms with Gasteiger partial charge in [0.15, 0.2) is 11.6 Å². The fraction of sp³-hybridized carbons (Fsp3) is 0.0345. The van der Waals surface area contributed by atoms with E-state index in [9.17, 15) is 14.7 Å². The van der Waals surface area contributed by atoms with Crippen molar-refractivity contribution in [3.63, 3.8) is 0 Å². The maximum Gasteiger partial charge on any atom is 0.163 e. The van der Waals surface area contributed by atoms with E-state index in [0.717, 1.165) is 33.0 Å². The number of fused-ring (bicyclic) bond motifs is 1. The molecule has 0 aromatic heterocycles. The van der Waals surface area contributed by atoms with Crippen LogP contribution in [-0.4, -0.2) is 16.7 Å². The Balaban J connectivity index is 1.50. The standard InChI is InChI=1S/C29H22O3/c30-24-16-12-21(13-17-24)14-18-25(31)20-26(32)19-15-23-7-2-4-10-28(23)29-11-5-8-22-6-1-3-9-27(22)29/h1-19,30H,20H2. The van der Waals surface area contributed by atoms with Crippen molar-refractivity contribution in [3.05, 3.63) is 114 Å². The summed E-state index contributed by atoms with van der Waals surface area (Å²) in [4.78, 5) is 24.5. The zero-order valence-corrected chi connectivity index (χ0v) is 17.4. The fourth-order valence-electron chi connectivity index (χ4n) is 3.59. The predicted molar refractivity (Wildman–Crippen MR) is 130 cm³/mol. The molecule has 3 nitrogen and oxygen atoms in total. The van der Waals surface area contributed by atoms with Crippen molar-refractivity contribution in [3.8, 4) is 16.9 Å². The predicted octanol–water partition coefficient (Wildman–Crippen LogP) is 6.47. The van der Waals surface area contributed by atoms with Crippen LogP contribution in [-0.2, 0) is 9.59 Å². The normalized spacial score (nSPS) is 11.4. The van der Waals surface area contributed by atoms with Crippen LogP contribution in [0.25, 0.3) is 34.1 Å². The summed E-state index contributed by atoms with van der Waals surface area (Å²) in [5, 5.41) is 11.6. The molecule has 3 heteroatoms. The molecule has 4 aromatic rings. The molecule has 4 rings (SSSR count). The second-order valence-electron chi connectivity index (χ2n) is 7.48. The van der Waals surface area contributed by atoms with E-state index < -0.39 is 0 Å². The highest BCUT2D eigenvalue weighted by Crippen LogP contribution is 2.31. The van der Waals surface area contributed by atoms with Crippen molar-refractivity contribution >= 4 is 34.5 Å². The Labute approximate surface area is 187 Å².